The van der Waals surface area contributed by atoms with Crippen molar-refractivity contribution in [1.29, 1.82) is 0 Å². The lowest BCUT2D eigenvalue weighted by molar-refractivity contribution is 0.0740. The predicted molar refractivity (Wildman–Crippen MR) is 85.6 cm³/mol. The molecule has 1 heterocycles. The quantitative estimate of drug-likeness (QED) is 0.927. The summed E-state index contributed by atoms with van der Waals surface area (Å²) in [6.45, 7) is 5.24. The molecule has 0 atom stereocenters. The molecule has 0 unspecified atom stereocenters. The number of halogens is 1. The van der Waals surface area contributed by atoms with E-state index < -0.39 is 0 Å². The van der Waals surface area contributed by atoms with Crippen LogP contribution in [0.25, 0.3) is 11.0 Å². The molecule has 6 nitrogen and oxygen atoms in total. The third-order valence-corrected chi connectivity index (χ3v) is 3.42. The number of nitrogens with two attached hydrogens (primary N) is 1. The fraction of sp³-hybridized carbons (Fsp3) is 0.500. The number of aromatic nitrogens is 3. The van der Waals surface area contributed by atoms with Crippen LogP contribution < -0.4 is 5.73 Å². The predicted octanol–water partition coefficient (Wildman–Crippen LogP) is 1.45. The summed E-state index contributed by atoms with van der Waals surface area (Å²) in [6.07, 6.45) is 0. The Bertz CT molecular complexity index is 637. The maximum absolute atomic E-state index is 12.4. The molecule has 0 aliphatic carbocycles. The number of carbonyl (C=O) groups is 1. The zero-order chi connectivity index (χ0) is 14.9. The molecule has 7 heteroatoms. The molecule has 0 spiro atoms. The molecule has 1 aromatic heterocycles. The summed E-state index contributed by atoms with van der Waals surface area (Å²) in [5.41, 5.74) is 7.87. The highest BCUT2D eigenvalue weighted by Gasteiger charge is 2.22. The highest BCUT2D eigenvalue weighted by atomic mass is 35.5. The van der Waals surface area contributed by atoms with Gasteiger partial charge >= 0.3 is 0 Å². The van der Waals surface area contributed by atoms with Crippen LogP contribution in [0.2, 0.25) is 0 Å². The van der Waals surface area contributed by atoms with Crippen molar-refractivity contribution in [2.75, 3.05) is 20.1 Å². The summed E-state index contributed by atoms with van der Waals surface area (Å²) in [5.74, 6) is -0.0286. The zero-order valence-electron chi connectivity index (χ0n) is 12.8. The third kappa shape index (κ3) is 3.71. The Morgan fingerprint density at radius 1 is 1.43 bits per heavy atom. The minimum atomic E-state index is -0.0962. The molecule has 2 N–H and O–H groups in total. The monoisotopic (exact) mass is 311 g/mol. The summed E-state index contributed by atoms with van der Waals surface area (Å²) < 4.78 is 1.69. The van der Waals surface area contributed by atoms with E-state index in [1.165, 1.54) is 0 Å². The van der Waals surface area contributed by atoms with Crippen LogP contribution >= 0.6 is 12.4 Å². The maximum Gasteiger partial charge on any atom is 0.253 e. The van der Waals surface area contributed by atoms with Crippen molar-refractivity contribution in [3.63, 3.8) is 0 Å². The van der Waals surface area contributed by atoms with Gasteiger partial charge in [-0.15, -0.1) is 17.5 Å². The molecule has 116 valence electrons. The molecule has 21 heavy (non-hydrogen) atoms. The number of carbonyl (C=O) groups excluding carboxylic acids is 1. The number of nitrogens with zero attached hydrogens (tertiary/aromatic N) is 4. The molecule has 0 fully saturated rings. The van der Waals surface area contributed by atoms with E-state index in [0.29, 0.717) is 18.7 Å². The molecule has 1 aromatic carbocycles. The van der Waals surface area contributed by atoms with Crippen molar-refractivity contribution in [2.45, 2.75) is 13.8 Å². The first kappa shape index (κ1) is 17.4. The molecular weight excluding hydrogens is 290 g/mol. The van der Waals surface area contributed by atoms with Gasteiger partial charge in [-0.2, -0.15) is 0 Å². The van der Waals surface area contributed by atoms with Crippen molar-refractivity contribution in [1.82, 2.24) is 19.9 Å². The van der Waals surface area contributed by atoms with E-state index in [9.17, 15) is 4.79 Å². The van der Waals surface area contributed by atoms with Crippen LogP contribution in [0.15, 0.2) is 18.2 Å². The first-order valence-electron chi connectivity index (χ1n) is 6.59. The summed E-state index contributed by atoms with van der Waals surface area (Å²) in [6, 6.07) is 5.45. The topological polar surface area (TPSA) is 77.0 Å². The summed E-state index contributed by atoms with van der Waals surface area (Å²) in [7, 11) is 3.62. The van der Waals surface area contributed by atoms with E-state index >= 15 is 0 Å². The number of rotatable bonds is 4. The van der Waals surface area contributed by atoms with Gasteiger partial charge in [0.25, 0.3) is 5.91 Å². The molecule has 0 saturated carbocycles. The number of hydrogen-bond donors (Lipinski definition) is 1. The molecule has 0 aliphatic rings. The fourth-order valence-corrected chi connectivity index (χ4v) is 2.17. The van der Waals surface area contributed by atoms with Gasteiger partial charge in [-0.05, 0) is 30.2 Å². The average molecular weight is 312 g/mol. The lowest BCUT2D eigenvalue weighted by atomic mass is 9.93. The molecule has 2 rings (SSSR count). The van der Waals surface area contributed by atoms with E-state index in [1.807, 2.05) is 27.0 Å². The smallest absolute Gasteiger partial charge is 0.253 e. The molecule has 1 amide bonds. The van der Waals surface area contributed by atoms with E-state index in [1.54, 1.807) is 28.8 Å². The van der Waals surface area contributed by atoms with Gasteiger partial charge in [0.05, 0.1) is 5.52 Å². The molecule has 0 aliphatic heterocycles. The van der Waals surface area contributed by atoms with Crippen LogP contribution in [-0.4, -0.2) is 45.9 Å². The second-order valence-corrected chi connectivity index (χ2v) is 5.95. The van der Waals surface area contributed by atoms with Crippen molar-refractivity contribution in [3.05, 3.63) is 23.8 Å². The van der Waals surface area contributed by atoms with Crippen LogP contribution in [0, 0.1) is 5.41 Å². The normalized spacial score (nSPS) is 11.3. The standard InChI is InChI=1S/C14H21N5O.ClH/c1-14(2,8-15)9-18(3)13(20)10-5-6-12-11(7-10)16-17-19(12)4;/h5-7H,8-9,15H2,1-4H3;1H. The maximum atomic E-state index is 12.4. The van der Waals surface area contributed by atoms with E-state index in [4.69, 9.17) is 5.73 Å². The first-order chi connectivity index (χ1) is 9.34. The third-order valence-electron chi connectivity index (χ3n) is 3.42. The summed E-state index contributed by atoms with van der Waals surface area (Å²) in [4.78, 5) is 14.1. The average Bonchev–Trinajstić information content (AvgIpc) is 2.78. The second-order valence-electron chi connectivity index (χ2n) is 5.95. The number of benzene rings is 1. The van der Waals surface area contributed by atoms with Crippen molar-refractivity contribution in [3.8, 4) is 0 Å². The molecule has 0 bridgehead atoms. The zero-order valence-corrected chi connectivity index (χ0v) is 13.6. The van der Waals surface area contributed by atoms with E-state index in [-0.39, 0.29) is 23.7 Å². The Morgan fingerprint density at radius 3 is 2.71 bits per heavy atom. The van der Waals surface area contributed by atoms with Crippen molar-refractivity contribution >= 4 is 29.3 Å². The Balaban J connectivity index is 0.00000220. The number of aryl methyl sites for hydroxylation is 1. The van der Waals surface area contributed by atoms with E-state index in [2.05, 4.69) is 10.3 Å². The van der Waals surface area contributed by atoms with Crippen LogP contribution in [-0.2, 0) is 7.05 Å². The largest absolute Gasteiger partial charge is 0.341 e. The van der Waals surface area contributed by atoms with Gasteiger partial charge in [0.2, 0.25) is 0 Å². The van der Waals surface area contributed by atoms with Gasteiger partial charge in [-0.3, -0.25) is 4.79 Å². The van der Waals surface area contributed by atoms with Crippen LogP contribution in [0.5, 0.6) is 0 Å². The highest BCUT2D eigenvalue weighted by Crippen LogP contribution is 2.17. The van der Waals surface area contributed by atoms with Gasteiger partial charge in [0.15, 0.2) is 0 Å². The summed E-state index contributed by atoms with van der Waals surface area (Å²) in [5, 5.41) is 7.97. The Morgan fingerprint density at radius 2 is 2.10 bits per heavy atom. The van der Waals surface area contributed by atoms with Gasteiger partial charge in [-0.1, -0.05) is 19.1 Å². The minimum Gasteiger partial charge on any atom is -0.341 e. The number of hydrogen-bond acceptors (Lipinski definition) is 4. The highest BCUT2D eigenvalue weighted by molar-refractivity contribution is 5.97. The SMILES string of the molecule is CN(CC(C)(C)CN)C(=O)c1ccc2c(c1)nnn2C.Cl. The van der Waals surface area contributed by atoms with E-state index in [0.717, 1.165) is 11.0 Å². The van der Waals surface area contributed by atoms with Crippen LogP contribution in [0.3, 0.4) is 0 Å². The molecule has 2 aromatic rings. The van der Waals surface area contributed by atoms with Gasteiger partial charge in [0, 0.05) is 26.2 Å². The summed E-state index contributed by atoms with van der Waals surface area (Å²) >= 11 is 0. The van der Waals surface area contributed by atoms with Crippen LogP contribution in [0.1, 0.15) is 24.2 Å². The van der Waals surface area contributed by atoms with Crippen LogP contribution in [0.4, 0.5) is 0 Å². The molecule has 0 radical (unpaired) electrons. The van der Waals surface area contributed by atoms with Crippen molar-refractivity contribution < 1.29 is 4.79 Å². The van der Waals surface area contributed by atoms with Gasteiger partial charge < -0.3 is 10.6 Å². The number of fused-ring (bicyclic) bond motifs is 1. The lowest BCUT2D eigenvalue weighted by Gasteiger charge is -2.29. The second kappa shape index (κ2) is 6.41. The van der Waals surface area contributed by atoms with Gasteiger partial charge in [0.1, 0.15) is 5.52 Å². The Hall–Kier alpha value is -1.66. The molecular formula is C14H22ClN5O. The van der Waals surface area contributed by atoms with Gasteiger partial charge in [-0.25, -0.2) is 4.68 Å². The first-order valence-corrected chi connectivity index (χ1v) is 6.59. The number of amides is 1. The Kier molecular flexibility index (Phi) is 5.31. The van der Waals surface area contributed by atoms with Crippen molar-refractivity contribution in [2.24, 2.45) is 18.2 Å². The minimum absolute atomic E-state index is 0. The fourth-order valence-electron chi connectivity index (χ4n) is 2.17. The Labute approximate surface area is 130 Å². The lowest BCUT2D eigenvalue weighted by Crippen LogP contribution is -2.39. The molecule has 0 saturated heterocycles.